The van der Waals surface area contributed by atoms with Gasteiger partial charge in [-0.05, 0) is 41.0 Å². The molecule has 0 amide bonds. The summed E-state index contributed by atoms with van der Waals surface area (Å²) >= 11 is 5.98. The Balaban J connectivity index is 1.56. The lowest BCUT2D eigenvalue weighted by Gasteiger charge is -2.48. The number of sulfonamides is 1. The fraction of sp³-hybridized carbons (Fsp3) is 0.172. The molecule has 5 rings (SSSR count). The molecule has 4 aromatic carbocycles. The second-order valence-corrected chi connectivity index (χ2v) is 11.0. The van der Waals surface area contributed by atoms with E-state index >= 15 is 0 Å². The molecule has 1 saturated heterocycles. The molecule has 0 atom stereocenters. The Morgan fingerprint density at radius 1 is 0.571 bits per heavy atom. The van der Waals surface area contributed by atoms with Crippen LogP contribution in [0.5, 0.6) is 0 Å². The van der Waals surface area contributed by atoms with Crippen molar-refractivity contribution in [3.8, 4) is 0 Å². The van der Waals surface area contributed by atoms with Gasteiger partial charge in [0, 0.05) is 31.2 Å². The van der Waals surface area contributed by atoms with Gasteiger partial charge in [-0.15, -0.1) is 0 Å². The number of nitrogens with zero attached hydrogens (tertiary/aromatic N) is 2. The zero-order valence-electron chi connectivity index (χ0n) is 19.3. The number of hydrogen-bond acceptors (Lipinski definition) is 3. The lowest BCUT2D eigenvalue weighted by molar-refractivity contribution is 0.106. The second kappa shape index (κ2) is 9.96. The number of piperazine rings is 1. The quantitative estimate of drug-likeness (QED) is 0.320. The van der Waals surface area contributed by atoms with Crippen LogP contribution in [0.25, 0.3) is 0 Å². The molecule has 4 nitrogen and oxygen atoms in total. The topological polar surface area (TPSA) is 40.6 Å². The summed E-state index contributed by atoms with van der Waals surface area (Å²) in [5.74, 6) is 0. The van der Waals surface area contributed by atoms with Crippen molar-refractivity contribution in [3.63, 3.8) is 0 Å². The summed E-state index contributed by atoms with van der Waals surface area (Å²) in [4.78, 5) is 2.69. The summed E-state index contributed by atoms with van der Waals surface area (Å²) in [5.41, 5.74) is 2.93. The number of halogens is 1. The van der Waals surface area contributed by atoms with Crippen molar-refractivity contribution in [2.75, 3.05) is 26.2 Å². The third-order valence-electron chi connectivity index (χ3n) is 6.74. The maximum atomic E-state index is 13.3. The molecule has 0 saturated carbocycles. The van der Waals surface area contributed by atoms with Crippen molar-refractivity contribution in [1.82, 2.24) is 9.21 Å². The predicted molar refractivity (Wildman–Crippen MR) is 141 cm³/mol. The van der Waals surface area contributed by atoms with Crippen LogP contribution in [-0.2, 0) is 15.6 Å². The van der Waals surface area contributed by atoms with Gasteiger partial charge in [-0.2, -0.15) is 4.31 Å². The van der Waals surface area contributed by atoms with Gasteiger partial charge in [0.25, 0.3) is 0 Å². The van der Waals surface area contributed by atoms with Crippen LogP contribution in [0, 0.1) is 0 Å². The van der Waals surface area contributed by atoms with Gasteiger partial charge in [0.2, 0.25) is 10.0 Å². The molecule has 1 heterocycles. The number of benzene rings is 4. The fourth-order valence-corrected chi connectivity index (χ4v) is 6.65. The zero-order valence-corrected chi connectivity index (χ0v) is 20.9. The molecule has 0 aromatic heterocycles. The van der Waals surface area contributed by atoms with E-state index < -0.39 is 15.6 Å². The zero-order chi connectivity index (χ0) is 24.3. The van der Waals surface area contributed by atoms with Crippen LogP contribution in [0.1, 0.15) is 16.7 Å². The first-order chi connectivity index (χ1) is 17.0. The van der Waals surface area contributed by atoms with Crippen molar-refractivity contribution < 1.29 is 8.42 Å². The predicted octanol–water partition coefficient (Wildman–Crippen LogP) is 5.64. The lowest BCUT2D eigenvalue weighted by atomic mass is 9.75. The minimum Gasteiger partial charge on any atom is -0.283 e. The molecule has 6 heteroatoms. The van der Waals surface area contributed by atoms with Crippen LogP contribution in [0.3, 0.4) is 0 Å². The molecule has 178 valence electrons. The SMILES string of the molecule is O=S(=O)(c1ccc(Cl)cc1)N1CCN(C(c2ccccc2)(c2ccccc2)c2ccccc2)CC1. The maximum absolute atomic E-state index is 13.3. The molecule has 0 unspecified atom stereocenters. The fourth-order valence-electron chi connectivity index (χ4n) is 5.11. The Labute approximate surface area is 212 Å². The summed E-state index contributed by atoms with van der Waals surface area (Å²) in [5, 5.41) is 0.520. The Bertz CT molecular complexity index is 1260. The first-order valence-corrected chi connectivity index (χ1v) is 13.5. The van der Waals surface area contributed by atoms with Gasteiger partial charge in [0.05, 0.1) is 10.4 Å². The lowest BCUT2D eigenvalue weighted by Crippen LogP contribution is -2.57. The van der Waals surface area contributed by atoms with E-state index in [9.17, 15) is 8.42 Å². The van der Waals surface area contributed by atoms with Gasteiger partial charge >= 0.3 is 0 Å². The summed E-state index contributed by atoms with van der Waals surface area (Å²) < 4.78 is 28.2. The summed E-state index contributed by atoms with van der Waals surface area (Å²) in [6.45, 7) is 1.98. The molecule has 0 aliphatic carbocycles. The molecule has 1 aliphatic rings. The normalized spacial score (nSPS) is 15.7. The van der Waals surface area contributed by atoms with Gasteiger partial charge in [-0.1, -0.05) is 103 Å². The van der Waals surface area contributed by atoms with E-state index in [0.717, 1.165) is 16.7 Å². The highest BCUT2D eigenvalue weighted by atomic mass is 35.5. The molecular formula is C29H27ClN2O2S. The largest absolute Gasteiger partial charge is 0.283 e. The Morgan fingerprint density at radius 3 is 1.37 bits per heavy atom. The standard InChI is InChI=1S/C29H27ClN2O2S/c30-27-16-18-28(19-17-27)35(33,34)32-22-20-31(21-23-32)29(24-10-4-1-5-11-24,25-12-6-2-7-13-25)26-14-8-3-9-15-26/h1-19H,20-23H2. The highest BCUT2D eigenvalue weighted by molar-refractivity contribution is 7.89. The second-order valence-electron chi connectivity index (χ2n) is 8.65. The van der Waals surface area contributed by atoms with Crippen LogP contribution in [0.2, 0.25) is 5.02 Å². The van der Waals surface area contributed by atoms with Crippen molar-refractivity contribution >= 4 is 21.6 Å². The molecule has 0 radical (unpaired) electrons. The highest BCUT2D eigenvalue weighted by Gasteiger charge is 2.44. The van der Waals surface area contributed by atoms with Crippen molar-refractivity contribution in [3.05, 3.63) is 137 Å². The van der Waals surface area contributed by atoms with Crippen LogP contribution < -0.4 is 0 Å². The average Bonchev–Trinajstić information content (AvgIpc) is 2.92. The summed E-state index contributed by atoms with van der Waals surface area (Å²) in [6, 6.07) is 37.9. The van der Waals surface area contributed by atoms with Crippen LogP contribution >= 0.6 is 11.6 Å². The molecule has 1 aliphatic heterocycles. The molecule has 0 bridgehead atoms. The van der Waals surface area contributed by atoms with Crippen LogP contribution in [0.15, 0.2) is 120 Å². The van der Waals surface area contributed by atoms with E-state index in [1.165, 1.54) is 0 Å². The van der Waals surface area contributed by atoms with E-state index in [2.05, 4.69) is 77.7 Å². The van der Waals surface area contributed by atoms with Gasteiger partial charge in [-0.25, -0.2) is 8.42 Å². The third-order valence-corrected chi connectivity index (χ3v) is 8.90. The summed E-state index contributed by atoms with van der Waals surface area (Å²) in [7, 11) is -3.59. The van der Waals surface area contributed by atoms with E-state index in [1.807, 2.05) is 18.2 Å². The first kappa shape index (κ1) is 23.8. The Morgan fingerprint density at radius 2 is 0.971 bits per heavy atom. The molecule has 4 aromatic rings. The smallest absolute Gasteiger partial charge is 0.243 e. The van der Waals surface area contributed by atoms with Gasteiger partial charge in [0.1, 0.15) is 0 Å². The van der Waals surface area contributed by atoms with Gasteiger partial charge < -0.3 is 0 Å². The summed E-state index contributed by atoms with van der Waals surface area (Å²) in [6.07, 6.45) is 0. The molecule has 35 heavy (non-hydrogen) atoms. The first-order valence-electron chi connectivity index (χ1n) is 11.7. The highest BCUT2D eigenvalue weighted by Crippen LogP contribution is 2.43. The Kier molecular flexibility index (Phi) is 6.76. The number of hydrogen-bond donors (Lipinski definition) is 0. The van der Waals surface area contributed by atoms with Crippen molar-refractivity contribution in [1.29, 1.82) is 0 Å². The van der Waals surface area contributed by atoms with E-state index in [0.29, 0.717) is 31.2 Å². The minimum atomic E-state index is -3.59. The molecule has 0 N–H and O–H groups in total. The average molecular weight is 503 g/mol. The van der Waals surface area contributed by atoms with E-state index in [1.54, 1.807) is 28.6 Å². The van der Waals surface area contributed by atoms with E-state index in [-0.39, 0.29) is 4.90 Å². The third kappa shape index (κ3) is 4.41. The molecule has 0 spiro atoms. The number of rotatable bonds is 6. The van der Waals surface area contributed by atoms with Crippen molar-refractivity contribution in [2.24, 2.45) is 0 Å². The van der Waals surface area contributed by atoms with Crippen LogP contribution in [-0.4, -0.2) is 43.8 Å². The minimum absolute atomic E-state index is 0.274. The van der Waals surface area contributed by atoms with E-state index in [4.69, 9.17) is 11.6 Å². The monoisotopic (exact) mass is 502 g/mol. The van der Waals surface area contributed by atoms with Gasteiger partial charge in [-0.3, -0.25) is 4.90 Å². The Hall–Kier alpha value is -2.96. The van der Waals surface area contributed by atoms with Crippen molar-refractivity contribution in [2.45, 2.75) is 10.4 Å². The molecule has 1 fully saturated rings. The molecular weight excluding hydrogens is 476 g/mol. The van der Waals surface area contributed by atoms with Crippen LogP contribution in [0.4, 0.5) is 0 Å². The van der Waals surface area contributed by atoms with Gasteiger partial charge in [0.15, 0.2) is 0 Å². The maximum Gasteiger partial charge on any atom is 0.243 e.